The molecule has 1 amide bonds. The zero-order chi connectivity index (χ0) is 13.5. The Morgan fingerprint density at radius 1 is 1.11 bits per heavy atom. The number of aromatic nitrogens is 1. The standard InChI is InChI=1S/C16H20N2O/c1-2-3-4-11-16(19)17-14-9-5-6-10-15(14)18-12-7-8-13-18/h5-10,12-13H,2-4,11H2,1H3,(H,17,19). The normalized spacial score (nSPS) is 10.4. The highest BCUT2D eigenvalue weighted by Crippen LogP contribution is 2.20. The number of benzene rings is 1. The topological polar surface area (TPSA) is 34.0 Å². The Morgan fingerprint density at radius 3 is 2.58 bits per heavy atom. The first kappa shape index (κ1) is 13.4. The molecule has 0 unspecified atom stereocenters. The second-order valence-corrected chi connectivity index (χ2v) is 4.61. The Bertz CT molecular complexity index is 517. The SMILES string of the molecule is CCCCCC(=O)Nc1ccccc1-n1cccc1. The highest BCUT2D eigenvalue weighted by atomic mass is 16.1. The van der Waals surface area contributed by atoms with Crippen LogP contribution in [0.4, 0.5) is 5.69 Å². The van der Waals surface area contributed by atoms with E-state index in [4.69, 9.17) is 0 Å². The van der Waals surface area contributed by atoms with Gasteiger partial charge in [0.15, 0.2) is 0 Å². The van der Waals surface area contributed by atoms with Crippen molar-refractivity contribution in [2.24, 2.45) is 0 Å². The lowest BCUT2D eigenvalue weighted by atomic mass is 10.2. The van der Waals surface area contributed by atoms with Gasteiger partial charge in [-0.1, -0.05) is 31.9 Å². The lowest BCUT2D eigenvalue weighted by molar-refractivity contribution is -0.116. The predicted molar refractivity (Wildman–Crippen MR) is 78.5 cm³/mol. The van der Waals surface area contributed by atoms with Crippen LogP contribution in [0.2, 0.25) is 0 Å². The molecule has 2 aromatic rings. The van der Waals surface area contributed by atoms with Crippen LogP contribution in [0.5, 0.6) is 0 Å². The number of para-hydroxylation sites is 2. The van der Waals surface area contributed by atoms with Crippen molar-refractivity contribution in [2.45, 2.75) is 32.6 Å². The maximum absolute atomic E-state index is 11.9. The Kier molecular flexibility index (Phi) is 4.78. The van der Waals surface area contributed by atoms with Crippen molar-refractivity contribution >= 4 is 11.6 Å². The summed E-state index contributed by atoms with van der Waals surface area (Å²) >= 11 is 0. The van der Waals surface area contributed by atoms with Crippen molar-refractivity contribution in [1.29, 1.82) is 0 Å². The molecular weight excluding hydrogens is 236 g/mol. The lowest BCUT2D eigenvalue weighted by Gasteiger charge is -2.11. The fraction of sp³-hybridized carbons (Fsp3) is 0.312. The van der Waals surface area contributed by atoms with E-state index in [1.54, 1.807) is 0 Å². The Labute approximate surface area is 114 Å². The van der Waals surface area contributed by atoms with Gasteiger partial charge in [0.25, 0.3) is 0 Å². The van der Waals surface area contributed by atoms with Gasteiger partial charge in [0, 0.05) is 18.8 Å². The van der Waals surface area contributed by atoms with E-state index in [1.165, 1.54) is 0 Å². The molecule has 100 valence electrons. The number of carbonyl (C=O) groups excluding carboxylic acids is 1. The molecule has 0 aliphatic rings. The summed E-state index contributed by atoms with van der Waals surface area (Å²) in [6, 6.07) is 11.8. The van der Waals surface area contributed by atoms with Crippen molar-refractivity contribution in [1.82, 2.24) is 4.57 Å². The molecule has 0 atom stereocenters. The van der Waals surface area contributed by atoms with Gasteiger partial charge in [-0.05, 0) is 30.7 Å². The summed E-state index contributed by atoms with van der Waals surface area (Å²) in [5.74, 6) is 0.0908. The van der Waals surface area contributed by atoms with E-state index in [0.29, 0.717) is 6.42 Å². The zero-order valence-corrected chi connectivity index (χ0v) is 11.3. The maximum Gasteiger partial charge on any atom is 0.224 e. The number of carbonyl (C=O) groups is 1. The van der Waals surface area contributed by atoms with Crippen LogP contribution in [0.15, 0.2) is 48.8 Å². The molecule has 3 nitrogen and oxygen atoms in total. The van der Waals surface area contributed by atoms with Crippen molar-refractivity contribution in [2.75, 3.05) is 5.32 Å². The van der Waals surface area contributed by atoms with Crippen molar-refractivity contribution in [3.05, 3.63) is 48.8 Å². The van der Waals surface area contributed by atoms with Crippen molar-refractivity contribution < 1.29 is 4.79 Å². The first-order chi connectivity index (χ1) is 9.31. The average molecular weight is 256 g/mol. The molecule has 0 spiro atoms. The molecule has 2 rings (SSSR count). The fourth-order valence-corrected chi connectivity index (χ4v) is 2.05. The van der Waals surface area contributed by atoms with Crippen LogP contribution in [-0.4, -0.2) is 10.5 Å². The molecule has 0 fully saturated rings. The number of unbranched alkanes of at least 4 members (excludes halogenated alkanes) is 2. The summed E-state index contributed by atoms with van der Waals surface area (Å²) in [5.41, 5.74) is 1.86. The smallest absolute Gasteiger partial charge is 0.224 e. The fourth-order valence-electron chi connectivity index (χ4n) is 2.05. The number of amides is 1. The predicted octanol–water partition coefficient (Wildman–Crippen LogP) is 4.00. The van der Waals surface area contributed by atoms with Gasteiger partial charge in [-0.25, -0.2) is 0 Å². The highest BCUT2D eigenvalue weighted by molar-refractivity contribution is 5.92. The molecular formula is C16H20N2O. The van der Waals surface area contributed by atoms with Crippen LogP contribution in [0.1, 0.15) is 32.6 Å². The molecule has 19 heavy (non-hydrogen) atoms. The number of nitrogens with one attached hydrogen (secondary N) is 1. The number of nitrogens with zero attached hydrogens (tertiary/aromatic N) is 1. The molecule has 0 aliphatic heterocycles. The average Bonchev–Trinajstić information content (AvgIpc) is 2.93. The second kappa shape index (κ2) is 6.78. The second-order valence-electron chi connectivity index (χ2n) is 4.61. The third-order valence-corrected chi connectivity index (χ3v) is 3.07. The molecule has 1 aromatic heterocycles. The Morgan fingerprint density at radius 2 is 1.84 bits per heavy atom. The maximum atomic E-state index is 11.9. The van der Waals surface area contributed by atoms with Crippen LogP contribution < -0.4 is 5.32 Å². The van der Waals surface area contributed by atoms with Gasteiger partial charge in [0.1, 0.15) is 0 Å². The van der Waals surface area contributed by atoms with E-state index in [0.717, 1.165) is 30.6 Å². The molecule has 1 heterocycles. The third-order valence-electron chi connectivity index (χ3n) is 3.07. The van der Waals surface area contributed by atoms with Crippen LogP contribution in [0.3, 0.4) is 0 Å². The van der Waals surface area contributed by atoms with Crippen LogP contribution >= 0.6 is 0 Å². The van der Waals surface area contributed by atoms with E-state index in [9.17, 15) is 4.79 Å². The summed E-state index contributed by atoms with van der Waals surface area (Å²) < 4.78 is 2.00. The van der Waals surface area contributed by atoms with Gasteiger partial charge in [0.2, 0.25) is 5.91 Å². The van der Waals surface area contributed by atoms with Gasteiger partial charge in [-0.3, -0.25) is 4.79 Å². The third kappa shape index (κ3) is 3.71. The first-order valence-electron chi connectivity index (χ1n) is 6.83. The summed E-state index contributed by atoms with van der Waals surface area (Å²) in [6.45, 7) is 2.14. The monoisotopic (exact) mass is 256 g/mol. The minimum Gasteiger partial charge on any atom is -0.324 e. The van der Waals surface area contributed by atoms with Gasteiger partial charge in [-0.2, -0.15) is 0 Å². The van der Waals surface area contributed by atoms with Crippen LogP contribution in [-0.2, 0) is 4.79 Å². The molecule has 0 saturated carbocycles. The van der Waals surface area contributed by atoms with Gasteiger partial charge < -0.3 is 9.88 Å². The summed E-state index contributed by atoms with van der Waals surface area (Å²) in [4.78, 5) is 11.9. The van der Waals surface area contributed by atoms with E-state index in [1.807, 2.05) is 53.4 Å². The number of anilines is 1. The highest BCUT2D eigenvalue weighted by Gasteiger charge is 2.06. The molecule has 0 saturated heterocycles. The van der Waals surface area contributed by atoms with E-state index in [2.05, 4.69) is 12.2 Å². The number of rotatable bonds is 6. The largest absolute Gasteiger partial charge is 0.324 e. The lowest BCUT2D eigenvalue weighted by Crippen LogP contribution is -2.12. The minimum atomic E-state index is 0.0908. The zero-order valence-electron chi connectivity index (χ0n) is 11.3. The quantitative estimate of drug-likeness (QED) is 0.779. The number of hydrogen-bond acceptors (Lipinski definition) is 1. The van der Waals surface area contributed by atoms with Crippen LogP contribution in [0.25, 0.3) is 5.69 Å². The van der Waals surface area contributed by atoms with Gasteiger partial charge in [0.05, 0.1) is 11.4 Å². The molecule has 0 radical (unpaired) electrons. The molecule has 3 heteroatoms. The van der Waals surface area contributed by atoms with E-state index < -0.39 is 0 Å². The van der Waals surface area contributed by atoms with Gasteiger partial charge >= 0.3 is 0 Å². The van der Waals surface area contributed by atoms with E-state index in [-0.39, 0.29) is 5.91 Å². The van der Waals surface area contributed by atoms with E-state index >= 15 is 0 Å². The molecule has 0 bridgehead atoms. The molecule has 1 aromatic carbocycles. The van der Waals surface area contributed by atoms with Crippen LogP contribution in [0, 0.1) is 0 Å². The van der Waals surface area contributed by atoms with Crippen molar-refractivity contribution in [3.63, 3.8) is 0 Å². The molecule has 1 N–H and O–H groups in total. The molecule has 0 aliphatic carbocycles. The minimum absolute atomic E-state index is 0.0908. The summed E-state index contributed by atoms with van der Waals surface area (Å²) in [6.07, 6.45) is 7.73. The Balaban J connectivity index is 2.06. The summed E-state index contributed by atoms with van der Waals surface area (Å²) in [7, 11) is 0. The van der Waals surface area contributed by atoms with Crippen molar-refractivity contribution in [3.8, 4) is 5.69 Å². The first-order valence-corrected chi connectivity index (χ1v) is 6.83. The number of hydrogen-bond donors (Lipinski definition) is 1. The van der Waals surface area contributed by atoms with Gasteiger partial charge in [-0.15, -0.1) is 0 Å². The Hall–Kier alpha value is -2.03. The summed E-state index contributed by atoms with van der Waals surface area (Å²) in [5, 5.41) is 3.00.